The average Bonchev–Trinajstić information content (AvgIpc) is 3.05. The van der Waals surface area contributed by atoms with Gasteiger partial charge >= 0.3 is 5.97 Å². The lowest BCUT2D eigenvalue weighted by Crippen LogP contribution is -2.36. The number of furan rings is 1. The third-order valence-electron chi connectivity index (χ3n) is 2.85. The molecule has 0 radical (unpaired) electrons. The molecule has 0 aliphatic heterocycles. The van der Waals surface area contributed by atoms with Gasteiger partial charge < -0.3 is 24.6 Å². The predicted molar refractivity (Wildman–Crippen MR) is 71.8 cm³/mol. The summed E-state index contributed by atoms with van der Waals surface area (Å²) in [4.78, 5) is 21.4. The second kappa shape index (κ2) is 7.23. The quantitative estimate of drug-likeness (QED) is 0.316. The molecule has 2 heterocycles. The minimum absolute atomic E-state index is 0.0552. The van der Waals surface area contributed by atoms with Gasteiger partial charge in [0.2, 0.25) is 0 Å². The number of aliphatic hydroxyl groups excluding tert-OH is 1. The lowest BCUT2D eigenvalue weighted by atomic mass is 10.3. The van der Waals surface area contributed by atoms with Crippen LogP contribution in [0.1, 0.15) is 12.6 Å². The van der Waals surface area contributed by atoms with Crippen molar-refractivity contribution >= 4 is 17.1 Å². The van der Waals surface area contributed by atoms with Crippen LogP contribution in [0.2, 0.25) is 0 Å². The molecule has 1 atom stereocenters. The largest absolute Gasteiger partial charge is 0.463 e. The molecular formula is C13H18N2O6. The maximum Gasteiger partial charge on any atom is 0.327 e. The first kappa shape index (κ1) is 15.5. The Labute approximate surface area is 120 Å². The van der Waals surface area contributed by atoms with Gasteiger partial charge in [0.1, 0.15) is 12.6 Å². The van der Waals surface area contributed by atoms with Gasteiger partial charge in [-0.2, -0.15) is 0 Å². The summed E-state index contributed by atoms with van der Waals surface area (Å²) in [5.74, 6) is -0.681. The molecule has 8 heteroatoms. The highest BCUT2D eigenvalue weighted by atomic mass is 17.2. The van der Waals surface area contributed by atoms with Crippen molar-refractivity contribution < 1.29 is 28.8 Å². The van der Waals surface area contributed by atoms with E-state index in [1.165, 1.54) is 6.26 Å². The topological polar surface area (TPSA) is 109 Å². The van der Waals surface area contributed by atoms with Gasteiger partial charge in [0.15, 0.2) is 12.3 Å². The highest BCUT2D eigenvalue weighted by Gasteiger charge is 2.16. The number of carbonyl (C=O) groups is 1. The number of aliphatic hydroxyl groups is 1. The van der Waals surface area contributed by atoms with Crippen molar-refractivity contribution in [2.75, 3.05) is 13.2 Å². The molecule has 0 aliphatic carbocycles. The molecule has 0 aliphatic rings. The summed E-state index contributed by atoms with van der Waals surface area (Å²) < 4.78 is 12.1. The van der Waals surface area contributed by atoms with Gasteiger partial charge in [-0.05, 0) is 6.92 Å². The normalized spacial score (nSPS) is 12.7. The maximum absolute atomic E-state index is 11.5. The van der Waals surface area contributed by atoms with Crippen LogP contribution in [0.3, 0.4) is 0 Å². The fourth-order valence-corrected chi connectivity index (χ4v) is 1.80. The number of hydrogen-bond acceptors (Lipinski definition) is 7. The third kappa shape index (κ3) is 3.61. The number of rotatable bonds is 8. The Morgan fingerprint density at radius 2 is 2.33 bits per heavy atom. The van der Waals surface area contributed by atoms with E-state index in [1.54, 1.807) is 16.7 Å². The molecule has 0 amide bonds. The van der Waals surface area contributed by atoms with Gasteiger partial charge in [-0.3, -0.25) is 4.79 Å². The molecule has 0 fully saturated rings. The van der Waals surface area contributed by atoms with Gasteiger partial charge in [0.25, 0.3) is 0 Å². The molecule has 8 nitrogen and oxygen atoms in total. The summed E-state index contributed by atoms with van der Waals surface area (Å²) in [6.07, 6.45) is 1.54. The SMILES string of the molecule is CCOOCc1cc2occc2n1COC(=O)C(N)CO. The Kier molecular flexibility index (Phi) is 5.34. The Morgan fingerprint density at radius 3 is 3.05 bits per heavy atom. The van der Waals surface area contributed by atoms with Crippen LogP contribution in [-0.4, -0.2) is 34.9 Å². The van der Waals surface area contributed by atoms with Crippen LogP contribution in [0, 0.1) is 0 Å². The zero-order valence-electron chi connectivity index (χ0n) is 11.7. The van der Waals surface area contributed by atoms with Crippen molar-refractivity contribution in [2.45, 2.75) is 26.3 Å². The maximum atomic E-state index is 11.5. The van der Waals surface area contributed by atoms with Gasteiger partial charge in [-0.15, -0.1) is 0 Å². The molecule has 2 rings (SSSR count). The molecular weight excluding hydrogens is 280 g/mol. The summed E-state index contributed by atoms with van der Waals surface area (Å²) in [7, 11) is 0. The van der Waals surface area contributed by atoms with E-state index in [0.29, 0.717) is 12.2 Å². The molecule has 0 saturated carbocycles. The number of fused-ring (bicyclic) bond motifs is 1. The predicted octanol–water partition coefficient (Wildman–Crippen LogP) is 0.523. The van der Waals surface area contributed by atoms with Crippen LogP contribution in [0.25, 0.3) is 11.1 Å². The van der Waals surface area contributed by atoms with Gasteiger partial charge in [0, 0.05) is 12.1 Å². The Hall–Kier alpha value is -1.87. The molecule has 21 heavy (non-hydrogen) atoms. The number of esters is 1. The van der Waals surface area contributed by atoms with E-state index >= 15 is 0 Å². The Bertz CT molecular complexity index is 591. The van der Waals surface area contributed by atoms with Crippen molar-refractivity contribution in [3.05, 3.63) is 24.1 Å². The molecule has 1 unspecified atom stereocenters. The van der Waals surface area contributed by atoms with Gasteiger partial charge in [-0.1, -0.05) is 0 Å². The lowest BCUT2D eigenvalue weighted by Gasteiger charge is -2.12. The summed E-state index contributed by atoms with van der Waals surface area (Å²) in [5.41, 5.74) is 7.52. The zero-order chi connectivity index (χ0) is 15.2. The summed E-state index contributed by atoms with van der Waals surface area (Å²) >= 11 is 0. The van der Waals surface area contributed by atoms with Crippen LogP contribution in [0.4, 0.5) is 0 Å². The first-order valence-corrected chi connectivity index (χ1v) is 6.50. The monoisotopic (exact) mass is 298 g/mol. The highest BCUT2D eigenvalue weighted by molar-refractivity contribution is 5.77. The van der Waals surface area contributed by atoms with Gasteiger partial charge in [-0.25, -0.2) is 9.78 Å². The van der Waals surface area contributed by atoms with E-state index < -0.39 is 18.6 Å². The van der Waals surface area contributed by atoms with E-state index in [1.807, 2.05) is 6.92 Å². The molecule has 0 bridgehead atoms. The van der Waals surface area contributed by atoms with Crippen LogP contribution in [-0.2, 0) is 32.6 Å². The number of nitrogens with two attached hydrogens (primary N) is 1. The fourth-order valence-electron chi connectivity index (χ4n) is 1.80. The highest BCUT2D eigenvalue weighted by Crippen LogP contribution is 2.22. The minimum Gasteiger partial charge on any atom is -0.463 e. The Balaban J connectivity index is 2.10. The van der Waals surface area contributed by atoms with Crippen LogP contribution < -0.4 is 5.73 Å². The second-order valence-corrected chi connectivity index (χ2v) is 4.28. The van der Waals surface area contributed by atoms with Crippen molar-refractivity contribution in [3.8, 4) is 0 Å². The number of ether oxygens (including phenoxy) is 1. The minimum atomic E-state index is -1.05. The number of nitrogens with zero attached hydrogens (tertiary/aromatic N) is 1. The lowest BCUT2D eigenvalue weighted by molar-refractivity contribution is -0.301. The molecule has 0 spiro atoms. The van der Waals surface area contributed by atoms with Crippen molar-refractivity contribution in [1.82, 2.24) is 4.57 Å². The Morgan fingerprint density at radius 1 is 1.52 bits per heavy atom. The molecule has 3 N–H and O–H groups in total. The number of carbonyl (C=O) groups excluding carboxylic acids is 1. The number of hydrogen-bond donors (Lipinski definition) is 2. The first-order valence-electron chi connectivity index (χ1n) is 6.50. The standard InChI is InChI=1S/C13H18N2O6/c1-2-20-21-7-9-5-12-11(3-4-18-12)15(9)8-19-13(17)10(14)6-16/h3-5,10,16H,2,6-8,14H2,1H3. The molecule has 116 valence electrons. The first-order chi connectivity index (χ1) is 10.2. The summed E-state index contributed by atoms with van der Waals surface area (Å²) in [5, 5.41) is 8.81. The molecule has 0 saturated heterocycles. The van der Waals surface area contributed by atoms with Crippen LogP contribution >= 0.6 is 0 Å². The summed E-state index contributed by atoms with van der Waals surface area (Å²) in [6, 6.07) is 2.47. The van der Waals surface area contributed by atoms with E-state index in [9.17, 15) is 4.79 Å². The summed E-state index contributed by atoms with van der Waals surface area (Å²) in [6.45, 7) is 1.90. The molecule has 0 aromatic carbocycles. The molecule has 2 aromatic heterocycles. The van der Waals surface area contributed by atoms with E-state index in [4.69, 9.17) is 29.8 Å². The number of aromatic nitrogens is 1. The smallest absolute Gasteiger partial charge is 0.327 e. The van der Waals surface area contributed by atoms with E-state index in [0.717, 1.165) is 11.2 Å². The van der Waals surface area contributed by atoms with Crippen molar-refractivity contribution in [1.29, 1.82) is 0 Å². The van der Waals surface area contributed by atoms with Crippen molar-refractivity contribution in [2.24, 2.45) is 5.73 Å². The van der Waals surface area contributed by atoms with Crippen LogP contribution in [0.15, 0.2) is 22.8 Å². The van der Waals surface area contributed by atoms with Gasteiger partial charge in [0.05, 0.1) is 30.7 Å². The second-order valence-electron chi connectivity index (χ2n) is 4.28. The molecule has 2 aromatic rings. The van der Waals surface area contributed by atoms with Crippen molar-refractivity contribution in [3.63, 3.8) is 0 Å². The zero-order valence-corrected chi connectivity index (χ0v) is 11.7. The third-order valence-corrected chi connectivity index (χ3v) is 2.85. The fraction of sp³-hybridized carbons (Fsp3) is 0.462. The van der Waals surface area contributed by atoms with E-state index in [2.05, 4.69) is 0 Å². The average molecular weight is 298 g/mol. The van der Waals surface area contributed by atoms with Crippen LogP contribution in [0.5, 0.6) is 0 Å². The van der Waals surface area contributed by atoms with E-state index in [-0.39, 0.29) is 13.3 Å².